The van der Waals surface area contributed by atoms with Crippen LogP contribution in [0.25, 0.3) is 0 Å². The number of amides is 1. The molecule has 0 unspecified atom stereocenters. The second kappa shape index (κ2) is 9.97. The van der Waals surface area contributed by atoms with Crippen molar-refractivity contribution in [1.82, 2.24) is 4.90 Å². The molecule has 0 atom stereocenters. The summed E-state index contributed by atoms with van der Waals surface area (Å²) in [6.07, 6.45) is 7.01. The van der Waals surface area contributed by atoms with E-state index >= 15 is 0 Å². The highest BCUT2D eigenvalue weighted by Gasteiger charge is 2.12. The second-order valence-electron chi connectivity index (χ2n) is 3.93. The van der Waals surface area contributed by atoms with Crippen molar-refractivity contribution >= 4 is 5.91 Å². The fourth-order valence-electron chi connectivity index (χ4n) is 1.27. The first-order valence-electron chi connectivity index (χ1n) is 6.04. The highest BCUT2D eigenvalue weighted by molar-refractivity contribution is 5.77. The molecule has 0 aromatic heterocycles. The van der Waals surface area contributed by atoms with Crippen LogP contribution >= 0.6 is 0 Å². The number of carbonyl (C=O) groups excluding carboxylic acids is 1. The molecule has 3 heteroatoms. The highest BCUT2D eigenvalue weighted by atomic mass is 16.5. The van der Waals surface area contributed by atoms with Crippen LogP contribution in [-0.4, -0.2) is 37.6 Å². The van der Waals surface area contributed by atoms with Gasteiger partial charge in [-0.15, -0.1) is 0 Å². The third-order valence-corrected chi connectivity index (χ3v) is 2.43. The molecule has 0 radical (unpaired) electrons. The molecule has 0 spiro atoms. The summed E-state index contributed by atoms with van der Waals surface area (Å²) in [5.74, 6) is 0.0799. The van der Waals surface area contributed by atoms with E-state index in [1.807, 2.05) is 0 Å². The van der Waals surface area contributed by atoms with Crippen LogP contribution in [-0.2, 0) is 9.53 Å². The lowest BCUT2D eigenvalue weighted by molar-refractivity contribution is -0.140. The summed E-state index contributed by atoms with van der Waals surface area (Å²) in [6, 6.07) is 0. The van der Waals surface area contributed by atoms with Crippen molar-refractivity contribution in [3.8, 4) is 0 Å². The number of carbonyl (C=O) groups is 1. The molecule has 3 nitrogen and oxygen atoms in total. The Morgan fingerprint density at radius 2 is 1.80 bits per heavy atom. The predicted molar refractivity (Wildman–Crippen MR) is 62.9 cm³/mol. The molecule has 1 saturated heterocycles. The lowest BCUT2D eigenvalue weighted by Crippen LogP contribution is -2.38. The fraction of sp³-hybridized carbons (Fsp3) is 0.917. The first-order valence-corrected chi connectivity index (χ1v) is 6.04. The van der Waals surface area contributed by atoms with Crippen LogP contribution in [0.15, 0.2) is 0 Å². The van der Waals surface area contributed by atoms with Crippen LogP contribution in [0.5, 0.6) is 0 Å². The molecule has 0 N–H and O–H groups in total. The van der Waals surface area contributed by atoms with E-state index in [4.69, 9.17) is 4.74 Å². The van der Waals surface area contributed by atoms with Crippen LogP contribution < -0.4 is 0 Å². The Bertz CT molecular complexity index is 156. The Labute approximate surface area is 93.8 Å². The summed E-state index contributed by atoms with van der Waals surface area (Å²) >= 11 is 0. The van der Waals surface area contributed by atoms with Gasteiger partial charge in [0.2, 0.25) is 5.91 Å². The Morgan fingerprint density at radius 3 is 2.13 bits per heavy atom. The minimum Gasteiger partial charge on any atom is -0.370 e. The molecule has 15 heavy (non-hydrogen) atoms. The lowest BCUT2D eigenvalue weighted by atomic mass is 10.2. The molecule has 1 aliphatic rings. The molecule has 0 aliphatic carbocycles. The van der Waals surface area contributed by atoms with Gasteiger partial charge in [-0.1, -0.05) is 46.0 Å². The molecule has 0 aromatic rings. The van der Waals surface area contributed by atoms with Gasteiger partial charge in [-0.3, -0.25) is 4.79 Å². The summed E-state index contributed by atoms with van der Waals surface area (Å²) in [5, 5.41) is 0. The van der Waals surface area contributed by atoms with Gasteiger partial charge >= 0.3 is 0 Å². The molecular formula is C12H25NO2. The number of morpholine rings is 1. The molecule has 0 saturated carbocycles. The van der Waals surface area contributed by atoms with Gasteiger partial charge in [0.25, 0.3) is 0 Å². The molecule has 1 amide bonds. The Morgan fingerprint density at radius 1 is 1.20 bits per heavy atom. The van der Waals surface area contributed by atoms with Crippen molar-refractivity contribution in [3.05, 3.63) is 0 Å². The van der Waals surface area contributed by atoms with Gasteiger partial charge in [0.05, 0.1) is 6.61 Å². The van der Waals surface area contributed by atoms with Crippen molar-refractivity contribution < 1.29 is 9.53 Å². The summed E-state index contributed by atoms with van der Waals surface area (Å²) in [7, 11) is 1.78. The third-order valence-electron chi connectivity index (χ3n) is 2.43. The zero-order chi connectivity index (χ0) is 11.5. The topological polar surface area (TPSA) is 29.5 Å². The molecule has 0 bridgehead atoms. The quantitative estimate of drug-likeness (QED) is 0.674. The van der Waals surface area contributed by atoms with Gasteiger partial charge in [0.1, 0.15) is 6.61 Å². The first kappa shape index (κ1) is 14.4. The first-order chi connectivity index (χ1) is 7.22. The number of hydrogen-bond acceptors (Lipinski definition) is 2. The maximum atomic E-state index is 10.6. The highest BCUT2D eigenvalue weighted by Crippen LogP contribution is 2.00. The zero-order valence-corrected chi connectivity index (χ0v) is 10.4. The molecule has 1 aliphatic heterocycles. The summed E-state index contributed by atoms with van der Waals surface area (Å²) in [6.45, 7) is 6.17. The Balaban J connectivity index is 0.000000265. The van der Waals surface area contributed by atoms with Gasteiger partial charge in [-0.25, -0.2) is 0 Å². The van der Waals surface area contributed by atoms with Crippen molar-refractivity contribution in [3.63, 3.8) is 0 Å². The maximum absolute atomic E-state index is 10.6. The van der Waals surface area contributed by atoms with E-state index in [9.17, 15) is 4.79 Å². The maximum Gasteiger partial charge on any atom is 0.248 e. The van der Waals surface area contributed by atoms with Crippen molar-refractivity contribution in [2.75, 3.05) is 26.8 Å². The summed E-state index contributed by atoms with van der Waals surface area (Å²) in [4.78, 5) is 12.3. The molecule has 90 valence electrons. The van der Waals surface area contributed by atoms with Crippen LogP contribution in [0, 0.1) is 0 Å². The number of hydrogen-bond donors (Lipinski definition) is 0. The number of unbranched alkanes of at least 4 members (excludes halogenated alkanes) is 4. The predicted octanol–water partition coefficient (Wildman–Crippen LogP) is 2.45. The van der Waals surface area contributed by atoms with Crippen LogP contribution in [0.3, 0.4) is 0 Å². The van der Waals surface area contributed by atoms with Crippen molar-refractivity contribution in [1.29, 1.82) is 0 Å². The van der Waals surface area contributed by atoms with Crippen LogP contribution in [0.4, 0.5) is 0 Å². The number of ether oxygens (including phenoxy) is 1. The van der Waals surface area contributed by atoms with E-state index < -0.39 is 0 Å². The largest absolute Gasteiger partial charge is 0.370 e. The van der Waals surface area contributed by atoms with Crippen LogP contribution in [0.2, 0.25) is 0 Å². The van der Waals surface area contributed by atoms with Gasteiger partial charge in [0, 0.05) is 13.6 Å². The standard InChI is InChI=1S/C7H16.C5H9NO2/c1-3-5-7-6-4-2;1-6-2-3-8-4-5(6)7/h3-7H2,1-2H3;2-4H2,1H3. The minimum absolute atomic E-state index is 0.0799. The lowest BCUT2D eigenvalue weighted by Gasteiger charge is -2.21. The SMILES string of the molecule is CCCCCCC.CN1CCOCC1=O. The normalized spacial score (nSPS) is 15.9. The molecule has 1 heterocycles. The average Bonchev–Trinajstić information content (AvgIpc) is 2.24. The number of rotatable bonds is 4. The van der Waals surface area contributed by atoms with Crippen molar-refractivity contribution in [2.24, 2.45) is 0 Å². The summed E-state index contributed by atoms with van der Waals surface area (Å²) < 4.78 is 4.86. The van der Waals surface area contributed by atoms with E-state index in [-0.39, 0.29) is 12.5 Å². The van der Waals surface area contributed by atoms with Crippen molar-refractivity contribution in [2.45, 2.75) is 46.0 Å². The second-order valence-corrected chi connectivity index (χ2v) is 3.93. The van der Waals surface area contributed by atoms with Gasteiger partial charge in [-0.2, -0.15) is 0 Å². The zero-order valence-electron chi connectivity index (χ0n) is 10.4. The van der Waals surface area contributed by atoms with E-state index in [2.05, 4.69) is 13.8 Å². The third kappa shape index (κ3) is 8.43. The van der Waals surface area contributed by atoms with Gasteiger partial charge in [-0.05, 0) is 0 Å². The van der Waals surface area contributed by atoms with E-state index in [1.54, 1.807) is 11.9 Å². The monoisotopic (exact) mass is 215 g/mol. The molecule has 1 rings (SSSR count). The molecule has 1 fully saturated rings. The fourth-order valence-corrected chi connectivity index (χ4v) is 1.27. The van der Waals surface area contributed by atoms with E-state index in [1.165, 1.54) is 32.1 Å². The molecule has 0 aromatic carbocycles. The average molecular weight is 215 g/mol. The van der Waals surface area contributed by atoms with Gasteiger partial charge < -0.3 is 9.64 Å². The van der Waals surface area contributed by atoms with E-state index in [0.29, 0.717) is 6.61 Å². The Hall–Kier alpha value is -0.570. The molecular weight excluding hydrogens is 190 g/mol. The number of nitrogens with zero attached hydrogens (tertiary/aromatic N) is 1. The van der Waals surface area contributed by atoms with E-state index in [0.717, 1.165) is 6.54 Å². The van der Waals surface area contributed by atoms with Crippen LogP contribution in [0.1, 0.15) is 46.0 Å². The minimum atomic E-state index is 0.0799. The smallest absolute Gasteiger partial charge is 0.248 e. The Kier molecular flexibility index (Phi) is 9.59. The van der Waals surface area contributed by atoms with Gasteiger partial charge in [0.15, 0.2) is 0 Å². The number of likely N-dealkylation sites (N-methyl/N-ethyl adjacent to an activating group) is 1. The summed E-state index contributed by atoms with van der Waals surface area (Å²) in [5.41, 5.74) is 0.